The number of nitrogens with one attached hydrogen (secondary N) is 1. The molecule has 0 saturated heterocycles. The van der Waals surface area contributed by atoms with E-state index in [0.29, 0.717) is 17.1 Å². The number of rotatable bonds is 4. The minimum absolute atomic E-state index is 0.305. The number of fused-ring (bicyclic) bond motifs is 1. The number of hydrogen-bond acceptors (Lipinski definition) is 5. The van der Waals surface area contributed by atoms with E-state index in [1.165, 1.54) is 11.6 Å². The molecule has 132 valence electrons. The number of aryl methyl sites for hydroxylation is 2. The summed E-state index contributed by atoms with van der Waals surface area (Å²) in [6.07, 6.45) is -0.743. The zero-order valence-corrected chi connectivity index (χ0v) is 14.6. The molecule has 2 heterocycles. The Bertz CT molecular complexity index is 1030. The van der Waals surface area contributed by atoms with Gasteiger partial charge in [0.15, 0.2) is 11.2 Å². The molecule has 2 atom stereocenters. The first kappa shape index (κ1) is 17.0. The lowest BCUT2D eigenvalue weighted by Crippen LogP contribution is -2.37. The van der Waals surface area contributed by atoms with Crippen LogP contribution in [0, 0.1) is 0 Å². The normalized spacial score (nSPS) is 13.8. The second-order valence-electron chi connectivity index (χ2n) is 6.16. The molecule has 1 aromatic carbocycles. The highest BCUT2D eigenvalue weighted by atomic mass is 16.3. The van der Waals surface area contributed by atoms with Crippen LogP contribution in [-0.4, -0.2) is 29.8 Å². The summed E-state index contributed by atoms with van der Waals surface area (Å²) in [6, 6.07) is 8.95. The van der Waals surface area contributed by atoms with E-state index in [0.717, 1.165) is 10.1 Å². The third kappa shape index (κ3) is 2.74. The Morgan fingerprint density at radius 1 is 1.04 bits per heavy atom. The quantitative estimate of drug-likeness (QED) is 0.720. The molecule has 3 aromatic rings. The third-order valence-electron chi connectivity index (χ3n) is 4.45. The summed E-state index contributed by atoms with van der Waals surface area (Å²) in [7, 11) is 4.71. The van der Waals surface area contributed by atoms with Gasteiger partial charge in [-0.25, -0.2) is 4.79 Å². The molecular formula is C17H21N5O3. The topological polar surface area (TPSA) is 94.1 Å². The number of nitrogens with zero attached hydrogens (tertiary/aromatic N) is 4. The number of imidazole rings is 1. The van der Waals surface area contributed by atoms with Crippen LogP contribution in [0.2, 0.25) is 0 Å². The maximum absolute atomic E-state index is 12.4. The zero-order valence-electron chi connectivity index (χ0n) is 14.6. The Morgan fingerprint density at radius 3 is 2.32 bits per heavy atom. The van der Waals surface area contributed by atoms with Crippen molar-refractivity contribution < 1.29 is 5.11 Å². The molecule has 2 aromatic heterocycles. The lowest BCUT2D eigenvalue weighted by atomic mass is 10.0. The highest BCUT2D eigenvalue weighted by Gasteiger charge is 2.21. The van der Waals surface area contributed by atoms with Crippen molar-refractivity contribution >= 4 is 17.1 Å². The van der Waals surface area contributed by atoms with Gasteiger partial charge in [-0.05, 0) is 12.5 Å². The average molecular weight is 343 g/mol. The van der Waals surface area contributed by atoms with Crippen molar-refractivity contribution in [3.05, 3.63) is 56.7 Å². The minimum Gasteiger partial charge on any atom is -0.386 e. The van der Waals surface area contributed by atoms with Crippen molar-refractivity contribution in [3.8, 4) is 0 Å². The number of anilines is 1. The average Bonchev–Trinajstić information content (AvgIpc) is 2.94. The largest absolute Gasteiger partial charge is 0.386 e. The fraction of sp³-hybridized carbons (Fsp3) is 0.353. The van der Waals surface area contributed by atoms with E-state index < -0.39 is 17.4 Å². The second kappa shape index (κ2) is 6.21. The molecule has 0 aliphatic heterocycles. The van der Waals surface area contributed by atoms with Crippen molar-refractivity contribution in [2.75, 3.05) is 5.32 Å². The summed E-state index contributed by atoms with van der Waals surface area (Å²) >= 11 is 0. The Morgan fingerprint density at radius 2 is 1.68 bits per heavy atom. The van der Waals surface area contributed by atoms with Crippen molar-refractivity contribution in [2.45, 2.75) is 19.1 Å². The number of aliphatic hydroxyl groups is 1. The molecule has 0 aliphatic rings. The molecule has 0 saturated carbocycles. The first-order chi connectivity index (χ1) is 11.8. The van der Waals surface area contributed by atoms with Crippen LogP contribution in [0.15, 0.2) is 39.9 Å². The summed E-state index contributed by atoms with van der Waals surface area (Å²) in [5.41, 5.74) is 0.578. The van der Waals surface area contributed by atoms with E-state index in [9.17, 15) is 14.7 Å². The van der Waals surface area contributed by atoms with Gasteiger partial charge in [0, 0.05) is 21.1 Å². The Kier molecular flexibility index (Phi) is 4.22. The molecule has 2 unspecified atom stereocenters. The summed E-state index contributed by atoms with van der Waals surface area (Å²) < 4.78 is 3.99. The maximum atomic E-state index is 12.4. The van der Waals surface area contributed by atoms with Gasteiger partial charge in [-0.3, -0.25) is 13.9 Å². The summed E-state index contributed by atoms with van der Waals surface area (Å²) in [4.78, 5) is 28.8. The molecule has 0 radical (unpaired) electrons. The zero-order chi connectivity index (χ0) is 18.3. The summed E-state index contributed by atoms with van der Waals surface area (Å²) in [6.45, 7) is 1.83. The number of aliphatic hydroxyl groups excluding tert-OH is 1. The van der Waals surface area contributed by atoms with Crippen LogP contribution < -0.4 is 16.6 Å². The van der Waals surface area contributed by atoms with Crippen LogP contribution >= 0.6 is 0 Å². The fourth-order valence-corrected chi connectivity index (χ4v) is 2.87. The smallest absolute Gasteiger partial charge is 0.332 e. The first-order valence-electron chi connectivity index (χ1n) is 7.95. The highest BCUT2D eigenvalue weighted by molar-refractivity contribution is 5.74. The maximum Gasteiger partial charge on any atom is 0.332 e. The molecule has 8 nitrogen and oxygen atoms in total. The molecule has 3 rings (SSSR count). The van der Waals surface area contributed by atoms with Gasteiger partial charge in [0.05, 0.1) is 12.1 Å². The minimum atomic E-state index is -0.743. The Hall–Kier alpha value is -2.87. The molecule has 8 heteroatoms. The van der Waals surface area contributed by atoms with Crippen molar-refractivity contribution in [2.24, 2.45) is 21.1 Å². The van der Waals surface area contributed by atoms with Crippen LogP contribution in [0.1, 0.15) is 18.6 Å². The molecule has 0 spiro atoms. The standard InChI is InChI=1S/C17H21N5O3/c1-10(13(23)11-8-6-5-7-9-11)18-16-19-14-12(20(16)2)15(24)22(4)17(25)21(14)3/h5-10,13,23H,1-4H3,(H,18,19). The molecule has 0 fully saturated rings. The van der Waals surface area contributed by atoms with Gasteiger partial charge in [0.2, 0.25) is 5.95 Å². The lowest BCUT2D eigenvalue weighted by molar-refractivity contribution is 0.160. The summed E-state index contributed by atoms with van der Waals surface area (Å²) in [5, 5.41) is 13.6. The number of benzene rings is 1. The van der Waals surface area contributed by atoms with Crippen LogP contribution in [0.5, 0.6) is 0 Å². The Balaban J connectivity index is 2.01. The van der Waals surface area contributed by atoms with Gasteiger partial charge < -0.3 is 15.0 Å². The van der Waals surface area contributed by atoms with E-state index >= 15 is 0 Å². The molecule has 0 amide bonds. The molecule has 0 aliphatic carbocycles. The van der Waals surface area contributed by atoms with Gasteiger partial charge in [0.25, 0.3) is 5.56 Å². The van der Waals surface area contributed by atoms with Crippen molar-refractivity contribution in [3.63, 3.8) is 0 Å². The van der Waals surface area contributed by atoms with Crippen LogP contribution in [0.4, 0.5) is 5.95 Å². The predicted octanol–water partition coefficient (Wildman–Crippen LogP) is 0.505. The van der Waals surface area contributed by atoms with Gasteiger partial charge in [-0.2, -0.15) is 4.98 Å². The van der Waals surface area contributed by atoms with E-state index in [-0.39, 0.29) is 6.04 Å². The third-order valence-corrected chi connectivity index (χ3v) is 4.45. The molecule has 25 heavy (non-hydrogen) atoms. The van der Waals surface area contributed by atoms with Gasteiger partial charge in [-0.15, -0.1) is 0 Å². The molecule has 0 bridgehead atoms. The van der Waals surface area contributed by atoms with E-state index in [2.05, 4.69) is 10.3 Å². The number of hydrogen-bond donors (Lipinski definition) is 2. The SMILES string of the molecule is CC(Nc1nc2c(c(=O)n(C)c(=O)n2C)n1C)C(O)c1ccccc1. The lowest BCUT2D eigenvalue weighted by Gasteiger charge is -2.21. The predicted molar refractivity (Wildman–Crippen MR) is 95.7 cm³/mol. The molecule has 2 N–H and O–H groups in total. The number of aromatic nitrogens is 4. The van der Waals surface area contributed by atoms with Crippen LogP contribution in [0.3, 0.4) is 0 Å². The fourth-order valence-electron chi connectivity index (χ4n) is 2.87. The first-order valence-corrected chi connectivity index (χ1v) is 7.95. The van der Waals surface area contributed by atoms with Gasteiger partial charge in [0.1, 0.15) is 0 Å². The molecular weight excluding hydrogens is 322 g/mol. The van der Waals surface area contributed by atoms with E-state index in [1.54, 1.807) is 18.7 Å². The van der Waals surface area contributed by atoms with Crippen LogP contribution in [0.25, 0.3) is 11.2 Å². The monoisotopic (exact) mass is 343 g/mol. The van der Waals surface area contributed by atoms with Gasteiger partial charge in [-0.1, -0.05) is 30.3 Å². The highest BCUT2D eigenvalue weighted by Crippen LogP contribution is 2.21. The van der Waals surface area contributed by atoms with E-state index in [4.69, 9.17) is 0 Å². The second-order valence-corrected chi connectivity index (χ2v) is 6.16. The van der Waals surface area contributed by atoms with E-state index in [1.807, 2.05) is 37.3 Å². The van der Waals surface area contributed by atoms with Crippen molar-refractivity contribution in [1.29, 1.82) is 0 Å². The van der Waals surface area contributed by atoms with Crippen LogP contribution in [-0.2, 0) is 21.1 Å². The van der Waals surface area contributed by atoms with Crippen molar-refractivity contribution in [1.82, 2.24) is 18.7 Å². The summed E-state index contributed by atoms with van der Waals surface area (Å²) in [5.74, 6) is 0.413. The Labute approximate surface area is 144 Å². The van der Waals surface area contributed by atoms with Gasteiger partial charge >= 0.3 is 5.69 Å².